The third kappa shape index (κ3) is 2.27. The van der Waals surface area contributed by atoms with Crippen molar-refractivity contribution in [2.45, 2.75) is 26.2 Å². The lowest BCUT2D eigenvalue weighted by molar-refractivity contribution is 0.0697. The lowest BCUT2D eigenvalue weighted by Gasteiger charge is -2.18. The summed E-state index contributed by atoms with van der Waals surface area (Å²) in [7, 11) is 0. The van der Waals surface area contributed by atoms with E-state index in [2.05, 4.69) is 31.0 Å². The first kappa shape index (κ1) is 12.4. The Bertz CT molecular complexity index is 562. The van der Waals surface area contributed by atoms with E-state index < -0.39 is 5.97 Å². The number of hydrogen-bond acceptors (Lipinski definition) is 2. The second kappa shape index (κ2) is 4.29. The van der Waals surface area contributed by atoms with Gasteiger partial charge in [0.05, 0.1) is 11.8 Å². The first-order valence-corrected chi connectivity index (χ1v) is 5.77. The zero-order valence-electron chi connectivity index (χ0n) is 10.7. The molecule has 0 bridgehead atoms. The van der Waals surface area contributed by atoms with Gasteiger partial charge in [0.25, 0.3) is 0 Å². The van der Waals surface area contributed by atoms with Crippen molar-refractivity contribution in [3.05, 3.63) is 41.7 Å². The molecule has 4 heteroatoms. The Kier molecular flexibility index (Phi) is 2.95. The lowest BCUT2D eigenvalue weighted by Crippen LogP contribution is -2.13. The van der Waals surface area contributed by atoms with Crippen LogP contribution in [0.2, 0.25) is 0 Å². The van der Waals surface area contributed by atoms with E-state index in [4.69, 9.17) is 5.11 Å². The molecule has 4 nitrogen and oxygen atoms in total. The van der Waals surface area contributed by atoms with Gasteiger partial charge in [-0.3, -0.25) is 5.10 Å². The van der Waals surface area contributed by atoms with Crippen LogP contribution in [0, 0.1) is 0 Å². The van der Waals surface area contributed by atoms with Gasteiger partial charge in [0.15, 0.2) is 0 Å². The smallest absolute Gasteiger partial charge is 0.335 e. The van der Waals surface area contributed by atoms with Crippen molar-refractivity contribution in [1.29, 1.82) is 0 Å². The van der Waals surface area contributed by atoms with Gasteiger partial charge in [0.2, 0.25) is 0 Å². The second-order valence-electron chi connectivity index (χ2n) is 5.29. The highest BCUT2D eigenvalue weighted by molar-refractivity contribution is 5.88. The van der Waals surface area contributed by atoms with Crippen molar-refractivity contribution < 1.29 is 9.90 Å². The number of aromatic amines is 1. The molecule has 0 aliphatic rings. The summed E-state index contributed by atoms with van der Waals surface area (Å²) in [6.45, 7) is 6.32. The van der Waals surface area contributed by atoms with Gasteiger partial charge in [-0.2, -0.15) is 5.10 Å². The van der Waals surface area contributed by atoms with Crippen LogP contribution in [0.5, 0.6) is 0 Å². The van der Waals surface area contributed by atoms with Gasteiger partial charge >= 0.3 is 5.97 Å². The zero-order chi connectivity index (χ0) is 13.3. The summed E-state index contributed by atoms with van der Waals surface area (Å²) in [5, 5.41) is 16.0. The maximum absolute atomic E-state index is 10.8. The minimum atomic E-state index is -0.912. The molecule has 1 aromatic heterocycles. The Morgan fingerprint density at radius 2 is 1.83 bits per heavy atom. The van der Waals surface area contributed by atoms with E-state index >= 15 is 0 Å². The molecule has 0 amide bonds. The highest BCUT2D eigenvalue weighted by Crippen LogP contribution is 2.31. The average Bonchev–Trinajstić information content (AvgIpc) is 2.77. The molecule has 1 heterocycles. The highest BCUT2D eigenvalue weighted by Gasteiger charge is 2.20. The first-order chi connectivity index (χ1) is 8.39. The van der Waals surface area contributed by atoms with Crippen LogP contribution < -0.4 is 0 Å². The number of hydrogen-bond donors (Lipinski definition) is 2. The summed E-state index contributed by atoms with van der Waals surface area (Å²) < 4.78 is 0. The SMILES string of the molecule is CC(C)(C)c1[nH]ncc1-c1ccc(C(=O)O)cc1. The molecule has 0 spiro atoms. The van der Waals surface area contributed by atoms with E-state index in [9.17, 15) is 4.79 Å². The third-order valence-corrected chi connectivity index (χ3v) is 2.83. The summed E-state index contributed by atoms with van der Waals surface area (Å²) in [6.07, 6.45) is 1.77. The summed E-state index contributed by atoms with van der Waals surface area (Å²) >= 11 is 0. The Morgan fingerprint density at radius 3 is 2.33 bits per heavy atom. The molecule has 0 radical (unpaired) electrons. The van der Waals surface area contributed by atoms with Crippen LogP contribution in [0.25, 0.3) is 11.1 Å². The van der Waals surface area contributed by atoms with Crippen LogP contribution in [0.15, 0.2) is 30.5 Å². The molecular weight excluding hydrogens is 228 g/mol. The molecule has 0 saturated heterocycles. The van der Waals surface area contributed by atoms with E-state index in [-0.39, 0.29) is 5.41 Å². The Labute approximate surface area is 106 Å². The number of nitrogens with one attached hydrogen (secondary N) is 1. The number of aromatic nitrogens is 2. The number of benzene rings is 1. The highest BCUT2D eigenvalue weighted by atomic mass is 16.4. The fourth-order valence-corrected chi connectivity index (χ4v) is 1.87. The first-order valence-electron chi connectivity index (χ1n) is 5.77. The van der Waals surface area contributed by atoms with E-state index in [0.717, 1.165) is 16.8 Å². The third-order valence-electron chi connectivity index (χ3n) is 2.83. The largest absolute Gasteiger partial charge is 0.478 e. The quantitative estimate of drug-likeness (QED) is 0.853. The van der Waals surface area contributed by atoms with Crippen molar-refractivity contribution in [1.82, 2.24) is 10.2 Å². The molecule has 0 saturated carbocycles. The van der Waals surface area contributed by atoms with Crippen LogP contribution in [-0.4, -0.2) is 21.3 Å². The summed E-state index contributed by atoms with van der Waals surface area (Å²) in [4.78, 5) is 10.8. The molecule has 2 N–H and O–H groups in total. The topological polar surface area (TPSA) is 66.0 Å². The maximum atomic E-state index is 10.8. The summed E-state index contributed by atoms with van der Waals surface area (Å²) in [5.74, 6) is -0.912. The molecule has 0 aliphatic carbocycles. The molecule has 94 valence electrons. The Hall–Kier alpha value is -2.10. The number of carbonyl (C=O) groups is 1. The van der Waals surface area contributed by atoms with Crippen molar-refractivity contribution in [2.24, 2.45) is 0 Å². The number of rotatable bonds is 2. The fourth-order valence-electron chi connectivity index (χ4n) is 1.87. The number of nitrogens with zero attached hydrogens (tertiary/aromatic N) is 1. The molecule has 18 heavy (non-hydrogen) atoms. The standard InChI is InChI=1S/C14H16N2O2/c1-14(2,3)12-11(8-15-16-12)9-4-6-10(7-5-9)13(17)18/h4-8H,1-3H3,(H,15,16)(H,17,18). The van der Waals surface area contributed by atoms with Gasteiger partial charge < -0.3 is 5.11 Å². The number of carboxylic acids is 1. The van der Waals surface area contributed by atoms with Crippen molar-refractivity contribution in [3.63, 3.8) is 0 Å². The van der Waals surface area contributed by atoms with Crippen LogP contribution >= 0.6 is 0 Å². The fraction of sp³-hybridized carbons (Fsp3) is 0.286. The minimum Gasteiger partial charge on any atom is -0.478 e. The normalized spacial score (nSPS) is 11.5. The number of aromatic carboxylic acids is 1. The van der Waals surface area contributed by atoms with Gasteiger partial charge in [-0.15, -0.1) is 0 Å². The van der Waals surface area contributed by atoms with Crippen molar-refractivity contribution >= 4 is 5.97 Å². The second-order valence-corrected chi connectivity index (χ2v) is 5.29. The van der Waals surface area contributed by atoms with Gasteiger partial charge in [-0.1, -0.05) is 32.9 Å². The molecule has 2 rings (SSSR count). The van der Waals surface area contributed by atoms with E-state index in [0.29, 0.717) is 5.56 Å². The van der Waals surface area contributed by atoms with Gasteiger partial charge in [-0.25, -0.2) is 4.79 Å². The maximum Gasteiger partial charge on any atom is 0.335 e. The Balaban J connectivity index is 2.44. The van der Waals surface area contributed by atoms with E-state index in [1.807, 2.05) is 12.1 Å². The lowest BCUT2D eigenvalue weighted by atomic mass is 9.87. The van der Waals surface area contributed by atoms with Gasteiger partial charge in [0.1, 0.15) is 0 Å². The predicted molar refractivity (Wildman–Crippen MR) is 69.7 cm³/mol. The average molecular weight is 244 g/mol. The molecular formula is C14H16N2O2. The summed E-state index contributed by atoms with van der Waals surface area (Å²) in [6, 6.07) is 6.83. The van der Waals surface area contributed by atoms with E-state index in [1.165, 1.54) is 0 Å². The zero-order valence-corrected chi connectivity index (χ0v) is 10.7. The van der Waals surface area contributed by atoms with Crippen LogP contribution in [-0.2, 0) is 5.41 Å². The van der Waals surface area contributed by atoms with Crippen LogP contribution in [0.1, 0.15) is 36.8 Å². The monoisotopic (exact) mass is 244 g/mol. The number of H-pyrrole nitrogens is 1. The molecule has 2 aromatic rings. The molecule has 1 aromatic carbocycles. The van der Waals surface area contributed by atoms with Crippen molar-refractivity contribution in [2.75, 3.05) is 0 Å². The van der Waals surface area contributed by atoms with Crippen LogP contribution in [0.4, 0.5) is 0 Å². The molecule has 0 fully saturated rings. The number of carboxylic acid groups (broad SMARTS) is 1. The summed E-state index contributed by atoms with van der Waals surface area (Å²) in [5.41, 5.74) is 3.29. The van der Waals surface area contributed by atoms with Crippen molar-refractivity contribution in [3.8, 4) is 11.1 Å². The molecule has 0 aliphatic heterocycles. The predicted octanol–water partition coefficient (Wildman–Crippen LogP) is 3.07. The Morgan fingerprint density at radius 1 is 1.22 bits per heavy atom. The molecule has 0 unspecified atom stereocenters. The van der Waals surface area contributed by atoms with Gasteiger partial charge in [-0.05, 0) is 17.7 Å². The van der Waals surface area contributed by atoms with E-state index in [1.54, 1.807) is 18.3 Å². The minimum absolute atomic E-state index is 0.0305. The van der Waals surface area contributed by atoms with Gasteiger partial charge in [0, 0.05) is 16.7 Å². The van der Waals surface area contributed by atoms with Crippen LogP contribution in [0.3, 0.4) is 0 Å². The molecule has 0 atom stereocenters.